The molecule has 1 saturated heterocycles. The van der Waals surface area contributed by atoms with E-state index in [1.54, 1.807) is 7.11 Å². The molecule has 0 bridgehead atoms. The Labute approximate surface area is 109 Å². The SMILES string of the molecule is COCC1(CNc2ccc(C)cn2)CCCNC1. The smallest absolute Gasteiger partial charge is 0.125 e. The normalized spacial score (nSPS) is 23.9. The summed E-state index contributed by atoms with van der Waals surface area (Å²) >= 11 is 0. The van der Waals surface area contributed by atoms with Crippen molar-refractivity contribution in [2.75, 3.05) is 38.7 Å². The number of aryl methyl sites for hydroxylation is 1. The average molecular weight is 249 g/mol. The van der Waals surface area contributed by atoms with E-state index in [0.29, 0.717) is 0 Å². The first-order chi connectivity index (χ1) is 8.74. The molecule has 1 atom stereocenters. The summed E-state index contributed by atoms with van der Waals surface area (Å²) in [6.07, 6.45) is 4.31. The van der Waals surface area contributed by atoms with Gasteiger partial charge in [-0.3, -0.25) is 0 Å². The maximum absolute atomic E-state index is 5.39. The van der Waals surface area contributed by atoms with E-state index in [-0.39, 0.29) is 5.41 Å². The van der Waals surface area contributed by atoms with Gasteiger partial charge in [-0.1, -0.05) is 6.07 Å². The van der Waals surface area contributed by atoms with E-state index in [0.717, 1.165) is 32.1 Å². The van der Waals surface area contributed by atoms with Crippen molar-refractivity contribution in [1.82, 2.24) is 10.3 Å². The minimum absolute atomic E-state index is 0.194. The van der Waals surface area contributed by atoms with Crippen molar-refractivity contribution in [3.63, 3.8) is 0 Å². The summed E-state index contributed by atoms with van der Waals surface area (Å²) in [4.78, 5) is 4.38. The average Bonchev–Trinajstić information content (AvgIpc) is 2.40. The van der Waals surface area contributed by atoms with E-state index in [1.807, 2.05) is 19.2 Å². The topological polar surface area (TPSA) is 46.2 Å². The maximum Gasteiger partial charge on any atom is 0.125 e. The van der Waals surface area contributed by atoms with Crippen LogP contribution in [0.5, 0.6) is 0 Å². The van der Waals surface area contributed by atoms with E-state index in [9.17, 15) is 0 Å². The molecule has 1 fully saturated rings. The van der Waals surface area contributed by atoms with Gasteiger partial charge in [-0.05, 0) is 37.9 Å². The van der Waals surface area contributed by atoms with Gasteiger partial charge in [-0.2, -0.15) is 0 Å². The molecule has 1 unspecified atom stereocenters. The van der Waals surface area contributed by atoms with Gasteiger partial charge in [0.2, 0.25) is 0 Å². The van der Waals surface area contributed by atoms with Crippen LogP contribution in [0, 0.1) is 12.3 Å². The van der Waals surface area contributed by atoms with E-state index >= 15 is 0 Å². The summed E-state index contributed by atoms with van der Waals surface area (Å²) in [5, 5.41) is 6.90. The Morgan fingerprint density at radius 3 is 3.00 bits per heavy atom. The molecule has 0 saturated carbocycles. The Hall–Kier alpha value is -1.13. The Morgan fingerprint density at radius 1 is 1.50 bits per heavy atom. The van der Waals surface area contributed by atoms with Gasteiger partial charge in [0.05, 0.1) is 6.61 Å². The van der Waals surface area contributed by atoms with Gasteiger partial charge in [0.15, 0.2) is 0 Å². The number of anilines is 1. The van der Waals surface area contributed by atoms with Crippen LogP contribution in [-0.2, 0) is 4.74 Å². The van der Waals surface area contributed by atoms with Crippen LogP contribution in [0.4, 0.5) is 5.82 Å². The molecular formula is C14H23N3O. The number of nitrogens with one attached hydrogen (secondary N) is 2. The van der Waals surface area contributed by atoms with Gasteiger partial charge in [0.25, 0.3) is 0 Å². The van der Waals surface area contributed by atoms with Crippen LogP contribution in [0.2, 0.25) is 0 Å². The molecule has 1 aromatic heterocycles. The number of rotatable bonds is 5. The molecule has 0 amide bonds. The van der Waals surface area contributed by atoms with Crippen molar-refractivity contribution >= 4 is 5.82 Å². The molecule has 18 heavy (non-hydrogen) atoms. The van der Waals surface area contributed by atoms with Gasteiger partial charge < -0.3 is 15.4 Å². The monoisotopic (exact) mass is 249 g/mol. The van der Waals surface area contributed by atoms with Gasteiger partial charge in [0.1, 0.15) is 5.82 Å². The molecule has 100 valence electrons. The van der Waals surface area contributed by atoms with Gasteiger partial charge in [-0.15, -0.1) is 0 Å². The Bertz CT molecular complexity index is 352. The zero-order valence-corrected chi connectivity index (χ0v) is 11.3. The highest BCUT2D eigenvalue weighted by Gasteiger charge is 2.31. The van der Waals surface area contributed by atoms with Gasteiger partial charge in [-0.25, -0.2) is 4.98 Å². The predicted molar refractivity (Wildman–Crippen MR) is 73.9 cm³/mol. The summed E-state index contributed by atoms with van der Waals surface area (Å²) in [7, 11) is 1.78. The number of piperidine rings is 1. The number of methoxy groups -OCH3 is 1. The van der Waals surface area contributed by atoms with Crippen molar-refractivity contribution in [3.05, 3.63) is 23.9 Å². The van der Waals surface area contributed by atoms with Crippen molar-refractivity contribution in [2.45, 2.75) is 19.8 Å². The fourth-order valence-electron chi connectivity index (χ4n) is 2.51. The number of hydrogen-bond donors (Lipinski definition) is 2. The molecular weight excluding hydrogens is 226 g/mol. The fourth-order valence-corrected chi connectivity index (χ4v) is 2.51. The molecule has 2 rings (SSSR count). The van der Waals surface area contributed by atoms with Crippen LogP contribution in [0.3, 0.4) is 0 Å². The lowest BCUT2D eigenvalue weighted by molar-refractivity contribution is 0.0679. The number of nitrogens with zero attached hydrogens (tertiary/aromatic N) is 1. The van der Waals surface area contributed by atoms with Gasteiger partial charge in [0, 0.05) is 31.8 Å². The molecule has 2 N–H and O–H groups in total. The molecule has 4 nitrogen and oxygen atoms in total. The highest BCUT2D eigenvalue weighted by atomic mass is 16.5. The van der Waals surface area contributed by atoms with Crippen molar-refractivity contribution in [3.8, 4) is 0 Å². The zero-order valence-electron chi connectivity index (χ0n) is 11.3. The quantitative estimate of drug-likeness (QED) is 0.835. The standard InChI is InChI=1S/C14H23N3O/c1-12-4-5-13(16-8-12)17-10-14(11-18-2)6-3-7-15-9-14/h4-5,8,15H,3,6-7,9-11H2,1-2H3,(H,16,17). The minimum atomic E-state index is 0.194. The van der Waals surface area contributed by atoms with Crippen LogP contribution in [-0.4, -0.2) is 38.3 Å². The highest BCUT2D eigenvalue weighted by molar-refractivity contribution is 5.35. The van der Waals surface area contributed by atoms with Crippen LogP contribution < -0.4 is 10.6 Å². The van der Waals surface area contributed by atoms with Crippen LogP contribution >= 0.6 is 0 Å². The second-order valence-electron chi connectivity index (χ2n) is 5.29. The van der Waals surface area contributed by atoms with E-state index in [4.69, 9.17) is 4.74 Å². The largest absolute Gasteiger partial charge is 0.384 e. The lowest BCUT2D eigenvalue weighted by atomic mass is 9.81. The third-order valence-electron chi connectivity index (χ3n) is 3.57. The van der Waals surface area contributed by atoms with Crippen molar-refractivity contribution in [2.24, 2.45) is 5.41 Å². The number of pyridine rings is 1. The molecule has 1 aliphatic rings. The van der Waals surface area contributed by atoms with Crippen molar-refractivity contribution in [1.29, 1.82) is 0 Å². The van der Waals surface area contributed by atoms with Crippen LogP contribution in [0.25, 0.3) is 0 Å². The summed E-state index contributed by atoms with van der Waals surface area (Å²) in [5.74, 6) is 0.946. The van der Waals surface area contributed by atoms with E-state index in [1.165, 1.54) is 18.4 Å². The minimum Gasteiger partial charge on any atom is -0.384 e. The second kappa shape index (κ2) is 6.16. The van der Waals surface area contributed by atoms with E-state index in [2.05, 4.69) is 21.7 Å². The second-order valence-corrected chi connectivity index (χ2v) is 5.29. The summed E-state index contributed by atoms with van der Waals surface area (Å²) < 4.78 is 5.39. The molecule has 0 radical (unpaired) electrons. The molecule has 0 spiro atoms. The molecule has 2 heterocycles. The molecule has 4 heteroatoms. The molecule has 0 aliphatic carbocycles. The zero-order chi connectivity index (χ0) is 12.8. The third-order valence-corrected chi connectivity index (χ3v) is 3.57. The Morgan fingerprint density at radius 2 is 2.39 bits per heavy atom. The number of ether oxygens (including phenoxy) is 1. The third kappa shape index (κ3) is 3.43. The first-order valence-electron chi connectivity index (χ1n) is 6.60. The van der Waals surface area contributed by atoms with Gasteiger partial charge >= 0.3 is 0 Å². The molecule has 1 aliphatic heterocycles. The highest BCUT2D eigenvalue weighted by Crippen LogP contribution is 2.26. The molecule has 0 aromatic carbocycles. The predicted octanol–water partition coefficient (Wildman–Crippen LogP) is 1.82. The first-order valence-corrected chi connectivity index (χ1v) is 6.60. The molecule has 1 aromatic rings. The summed E-state index contributed by atoms with van der Waals surface area (Å²) in [5.41, 5.74) is 1.38. The Balaban J connectivity index is 1.94. The fraction of sp³-hybridized carbons (Fsp3) is 0.643. The van der Waals surface area contributed by atoms with Crippen molar-refractivity contribution < 1.29 is 4.74 Å². The lowest BCUT2D eigenvalue weighted by Gasteiger charge is -2.37. The Kier molecular flexibility index (Phi) is 4.55. The van der Waals surface area contributed by atoms with Crippen LogP contribution in [0.1, 0.15) is 18.4 Å². The van der Waals surface area contributed by atoms with E-state index < -0.39 is 0 Å². The van der Waals surface area contributed by atoms with Crippen LogP contribution in [0.15, 0.2) is 18.3 Å². The maximum atomic E-state index is 5.39. The number of hydrogen-bond acceptors (Lipinski definition) is 4. The summed E-state index contributed by atoms with van der Waals surface area (Å²) in [6.45, 7) is 5.88. The number of aromatic nitrogens is 1. The summed E-state index contributed by atoms with van der Waals surface area (Å²) in [6, 6.07) is 4.11. The lowest BCUT2D eigenvalue weighted by Crippen LogP contribution is -2.47. The first kappa shape index (κ1) is 13.3.